The molecule has 0 radical (unpaired) electrons. The van der Waals surface area contributed by atoms with Gasteiger partial charge in [-0.15, -0.1) is 0 Å². The van der Waals surface area contributed by atoms with E-state index in [1.807, 2.05) is 26.8 Å². The SMILES string of the molecule is COC(=O)C1=C2Nc3ccccc3C23CCN2CCCC(C(C)OC(=O)CC(C)C)(C1)C23. The number of anilines is 1. The second-order valence-electron chi connectivity index (χ2n) is 10.4. The van der Waals surface area contributed by atoms with Gasteiger partial charge in [-0.1, -0.05) is 32.0 Å². The minimum absolute atomic E-state index is 0.148. The van der Waals surface area contributed by atoms with Gasteiger partial charge in [0.05, 0.1) is 18.1 Å². The summed E-state index contributed by atoms with van der Waals surface area (Å²) in [6.07, 6.45) is 3.61. The van der Waals surface area contributed by atoms with E-state index in [4.69, 9.17) is 9.47 Å². The molecule has 2 fully saturated rings. The summed E-state index contributed by atoms with van der Waals surface area (Å²) in [5.41, 5.74) is 3.45. The first-order valence-corrected chi connectivity index (χ1v) is 12.0. The van der Waals surface area contributed by atoms with Crippen LogP contribution in [0, 0.1) is 11.3 Å². The fourth-order valence-electron chi connectivity index (χ4n) is 7.16. The van der Waals surface area contributed by atoms with Crippen molar-refractivity contribution in [2.45, 2.75) is 70.4 Å². The number of piperidine rings is 1. The molecule has 0 amide bonds. The molecule has 4 atom stereocenters. The molecule has 1 N–H and O–H groups in total. The summed E-state index contributed by atoms with van der Waals surface area (Å²) < 4.78 is 11.4. The van der Waals surface area contributed by atoms with Crippen molar-refractivity contribution in [1.82, 2.24) is 4.90 Å². The number of esters is 2. The lowest BCUT2D eigenvalue weighted by molar-refractivity contribution is -0.165. The molecule has 2 saturated heterocycles. The van der Waals surface area contributed by atoms with Crippen LogP contribution >= 0.6 is 0 Å². The second kappa shape index (κ2) is 7.62. The Bertz CT molecular complexity index is 986. The molecule has 1 aromatic rings. The maximum atomic E-state index is 13.1. The highest BCUT2D eigenvalue weighted by molar-refractivity contribution is 5.93. The van der Waals surface area contributed by atoms with Gasteiger partial charge in [0.2, 0.25) is 0 Å². The van der Waals surface area contributed by atoms with Crippen molar-refractivity contribution >= 4 is 17.6 Å². The Morgan fingerprint density at radius 2 is 1.97 bits per heavy atom. The van der Waals surface area contributed by atoms with Crippen LogP contribution in [0.25, 0.3) is 0 Å². The average molecular weight is 439 g/mol. The zero-order chi connectivity index (χ0) is 22.7. The van der Waals surface area contributed by atoms with Crippen molar-refractivity contribution in [3.05, 3.63) is 41.1 Å². The molecular weight excluding hydrogens is 404 g/mol. The third kappa shape index (κ3) is 2.88. The largest absolute Gasteiger partial charge is 0.466 e. The third-order valence-corrected chi connectivity index (χ3v) is 8.30. The quantitative estimate of drug-likeness (QED) is 0.701. The van der Waals surface area contributed by atoms with Gasteiger partial charge in [-0.05, 0) is 63.2 Å². The molecule has 4 aliphatic rings. The maximum Gasteiger partial charge on any atom is 0.335 e. The number of carbonyl (C=O) groups is 2. The van der Waals surface area contributed by atoms with Crippen LogP contribution in [0.4, 0.5) is 5.69 Å². The predicted molar refractivity (Wildman–Crippen MR) is 122 cm³/mol. The molecule has 1 aliphatic carbocycles. The summed E-state index contributed by atoms with van der Waals surface area (Å²) in [5.74, 6) is -0.171. The van der Waals surface area contributed by atoms with Crippen LogP contribution in [0.5, 0.6) is 0 Å². The van der Waals surface area contributed by atoms with Crippen LogP contribution in [-0.2, 0) is 24.5 Å². The Labute approximate surface area is 190 Å². The zero-order valence-electron chi connectivity index (χ0n) is 19.6. The molecule has 6 heteroatoms. The monoisotopic (exact) mass is 438 g/mol. The van der Waals surface area contributed by atoms with Crippen molar-refractivity contribution < 1.29 is 19.1 Å². The molecule has 0 bridgehead atoms. The van der Waals surface area contributed by atoms with Crippen LogP contribution in [-0.4, -0.2) is 49.2 Å². The number of nitrogens with zero attached hydrogens (tertiary/aromatic N) is 1. The zero-order valence-corrected chi connectivity index (χ0v) is 19.6. The van der Waals surface area contributed by atoms with E-state index in [0.29, 0.717) is 12.8 Å². The number of fused-ring (bicyclic) bond motifs is 1. The number of rotatable bonds is 5. The van der Waals surface area contributed by atoms with Gasteiger partial charge in [0.1, 0.15) is 6.10 Å². The topological polar surface area (TPSA) is 67.9 Å². The van der Waals surface area contributed by atoms with E-state index in [1.54, 1.807) is 0 Å². The van der Waals surface area contributed by atoms with E-state index < -0.39 is 0 Å². The maximum absolute atomic E-state index is 13.1. The van der Waals surface area contributed by atoms with Crippen LogP contribution in [0.1, 0.15) is 58.4 Å². The first-order valence-electron chi connectivity index (χ1n) is 12.0. The number of ether oxygens (including phenoxy) is 2. The van der Waals surface area contributed by atoms with Gasteiger partial charge in [-0.2, -0.15) is 0 Å². The molecule has 172 valence electrons. The van der Waals surface area contributed by atoms with Gasteiger partial charge in [-0.25, -0.2) is 4.79 Å². The fraction of sp³-hybridized carbons (Fsp3) is 0.615. The smallest absolute Gasteiger partial charge is 0.335 e. The molecule has 3 heterocycles. The van der Waals surface area contributed by atoms with Gasteiger partial charge in [0.15, 0.2) is 0 Å². The third-order valence-electron chi connectivity index (χ3n) is 8.30. The van der Waals surface area contributed by atoms with Crippen LogP contribution in [0.15, 0.2) is 35.5 Å². The number of hydrogen-bond acceptors (Lipinski definition) is 6. The minimum atomic E-state index is -0.326. The Hall–Kier alpha value is -2.34. The fourth-order valence-corrected chi connectivity index (χ4v) is 7.16. The van der Waals surface area contributed by atoms with Crippen LogP contribution < -0.4 is 5.32 Å². The molecular formula is C26H34N2O4. The molecule has 0 aromatic heterocycles. The van der Waals surface area contributed by atoms with Crippen molar-refractivity contribution in [2.75, 3.05) is 25.5 Å². The van der Waals surface area contributed by atoms with Crippen molar-refractivity contribution in [1.29, 1.82) is 0 Å². The van der Waals surface area contributed by atoms with E-state index in [-0.39, 0.29) is 40.8 Å². The predicted octanol–water partition coefficient (Wildman–Crippen LogP) is 4.01. The summed E-state index contributed by atoms with van der Waals surface area (Å²) in [5, 5.41) is 3.62. The number of methoxy groups -OCH3 is 1. The standard InChI is InChI=1S/C26H34N2O4/c1-16(2)14-21(29)32-17(3)25-10-7-12-28-13-11-26(24(25)28)19-8-5-6-9-20(19)27-22(26)18(15-25)23(30)31-4/h5-6,8-9,16-17,24,27H,7,10-15H2,1-4H3. The van der Waals surface area contributed by atoms with E-state index in [2.05, 4.69) is 28.4 Å². The number of benzene rings is 1. The number of nitrogens with one attached hydrogen (secondary N) is 1. The molecule has 3 aliphatic heterocycles. The summed E-state index contributed by atoms with van der Waals surface area (Å²) in [7, 11) is 1.46. The summed E-state index contributed by atoms with van der Waals surface area (Å²) in [6, 6.07) is 8.61. The van der Waals surface area contributed by atoms with E-state index in [1.165, 1.54) is 12.7 Å². The van der Waals surface area contributed by atoms with Crippen LogP contribution in [0.3, 0.4) is 0 Å². The Kier molecular flexibility index (Phi) is 5.12. The van der Waals surface area contributed by atoms with Crippen molar-refractivity contribution in [3.8, 4) is 0 Å². The molecule has 6 nitrogen and oxygen atoms in total. The van der Waals surface area contributed by atoms with Gasteiger partial charge >= 0.3 is 11.9 Å². The molecule has 5 rings (SSSR count). The first kappa shape index (κ1) is 21.5. The van der Waals surface area contributed by atoms with E-state index >= 15 is 0 Å². The van der Waals surface area contributed by atoms with Gasteiger partial charge in [0.25, 0.3) is 0 Å². The number of hydrogen-bond donors (Lipinski definition) is 1. The minimum Gasteiger partial charge on any atom is -0.466 e. The lowest BCUT2D eigenvalue weighted by atomic mass is 9.53. The van der Waals surface area contributed by atoms with Crippen molar-refractivity contribution in [3.63, 3.8) is 0 Å². The molecule has 1 spiro atoms. The summed E-state index contributed by atoms with van der Waals surface area (Å²) in [6.45, 7) is 8.13. The number of carbonyl (C=O) groups excluding carboxylic acids is 2. The van der Waals surface area contributed by atoms with Gasteiger partial charge in [0, 0.05) is 29.3 Å². The van der Waals surface area contributed by atoms with E-state index in [0.717, 1.165) is 49.3 Å². The lowest BCUT2D eigenvalue weighted by Gasteiger charge is -2.57. The normalized spacial score (nSPS) is 31.5. The molecule has 0 saturated carbocycles. The van der Waals surface area contributed by atoms with Gasteiger partial charge in [-0.3, -0.25) is 9.69 Å². The van der Waals surface area contributed by atoms with Crippen LogP contribution in [0.2, 0.25) is 0 Å². The summed E-state index contributed by atoms with van der Waals surface area (Å²) in [4.78, 5) is 28.4. The number of para-hydroxylation sites is 1. The highest BCUT2D eigenvalue weighted by Gasteiger charge is 2.68. The highest BCUT2D eigenvalue weighted by Crippen LogP contribution is 2.65. The Morgan fingerprint density at radius 1 is 1.19 bits per heavy atom. The highest BCUT2D eigenvalue weighted by atomic mass is 16.5. The van der Waals surface area contributed by atoms with E-state index in [9.17, 15) is 9.59 Å². The Balaban J connectivity index is 1.67. The molecule has 32 heavy (non-hydrogen) atoms. The van der Waals surface area contributed by atoms with Crippen molar-refractivity contribution in [2.24, 2.45) is 11.3 Å². The molecule has 4 unspecified atom stereocenters. The first-order chi connectivity index (χ1) is 15.3. The lowest BCUT2D eigenvalue weighted by Crippen LogP contribution is -2.64. The second-order valence-corrected chi connectivity index (χ2v) is 10.4. The summed E-state index contributed by atoms with van der Waals surface area (Å²) >= 11 is 0. The Morgan fingerprint density at radius 3 is 2.72 bits per heavy atom. The van der Waals surface area contributed by atoms with Gasteiger partial charge < -0.3 is 14.8 Å². The molecule has 1 aromatic carbocycles. The average Bonchev–Trinajstić information content (AvgIpc) is 3.32.